The number of hydrogen-bond acceptors (Lipinski definition) is 4. The third-order valence-electron chi connectivity index (χ3n) is 7.43. The molecule has 1 aromatic carbocycles. The van der Waals surface area contributed by atoms with Gasteiger partial charge >= 0.3 is 6.03 Å². The maximum absolute atomic E-state index is 12.7. The van der Waals surface area contributed by atoms with Crippen LogP contribution in [0.25, 0.3) is 0 Å². The zero-order valence-electron chi connectivity index (χ0n) is 20.1. The van der Waals surface area contributed by atoms with Gasteiger partial charge in [0, 0.05) is 52.2 Å². The Kier molecular flexibility index (Phi) is 8.47. The first-order valence-electron chi connectivity index (χ1n) is 12.9. The third-order valence-corrected chi connectivity index (χ3v) is 8.90. The molecule has 0 aromatic heterocycles. The Morgan fingerprint density at radius 3 is 1.97 bits per heavy atom. The number of nitrogens with one attached hydrogen (secondary N) is 1. The summed E-state index contributed by atoms with van der Waals surface area (Å²) in [6.45, 7) is 3.75. The van der Waals surface area contributed by atoms with Crippen LogP contribution in [-0.2, 0) is 14.8 Å². The molecule has 8 nitrogen and oxygen atoms in total. The number of piperazine rings is 1. The first-order valence-corrected chi connectivity index (χ1v) is 14.3. The standard InChI is InChI=1S/C25H38N4O4S/c30-24(27-17-19-29(20-18-27)25(31)28-15-5-2-6-16-28)13-14-26-34(32,33)23-11-9-22(10-12-23)21-7-3-1-4-8-21/h9-12,21,26H,1-8,13-20H2. The molecule has 2 heterocycles. The summed E-state index contributed by atoms with van der Waals surface area (Å²) in [5, 5.41) is 0. The minimum absolute atomic E-state index is 0.0679. The van der Waals surface area contributed by atoms with E-state index in [0.29, 0.717) is 32.1 Å². The van der Waals surface area contributed by atoms with E-state index in [-0.39, 0.29) is 29.8 Å². The van der Waals surface area contributed by atoms with Gasteiger partial charge in [0.25, 0.3) is 0 Å². The molecular formula is C25H38N4O4S. The Hall–Kier alpha value is -2.13. The molecular weight excluding hydrogens is 452 g/mol. The van der Waals surface area contributed by atoms with Crippen LogP contribution >= 0.6 is 0 Å². The molecule has 1 aromatic rings. The van der Waals surface area contributed by atoms with Crippen LogP contribution in [0.15, 0.2) is 29.2 Å². The van der Waals surface area contributed by atoms with Crippen molar-refractivity contribution >= 4 is 22.0 Å². The maximum atomic E-state index is 12.7. The second-order valence-corrected chi connectivity index (χ2v) is 11.5. The number of piperidine rings is 1. The van der Waals surface area contributed by atoms with E-state index in [2.05, 4.69) is 4.72 Å². The van der Waals surface area contributed by atoms with Crippen molar-refractivity contribution < 1.29 is 18.0 Å². The fraction of sp³-hybridized carbons (Fsp3) is 0.680. The molecule has 3 fully saturated rings. The number of nitrogens with zero attached hydrogens (tertiary/aromatic N) is 3. The minimum Gasteiger partial charge on any atom is -0.339 e. The summed E-state index contributed by atoms with van der Waals surface area (Å²) in [4.78, 5) is 30.9. The molecule has 2 aliphatic heterocycles. The van der Waals surface area contributed by atoms with Crippen LogP contribution in [0.2, 0.25) is 0 Å². The Bertz CT molecular complexity index is 930. The Morgan fingerprint density at radius 2 is 1.32 bits per heavy atom. The lowest BCUT2D eigenvalue weighted by Gasteiger charge is -2.38. The summed E-state index contributed by atoms with van der Waals surface area (Å²) in [6, 6.07) is 7.29. The van der Waals surface area contributed by atoms with Crippen molar-refractivity contribution in [1.29, 1.82) is 0 Å². The molecule has 188 valence electrons. The highest BCUT2D eigenvalue weighted by molar-refractivity contribution is 7.89. The van der Waals surface area contributed by atoms with E-state index in [1.807, 2.05) is 21.9 Å². The summed E-state index contributed by atoms with van der Waals surface area (Å²) < 4.78 is 27.9. The fourth-order valence-electron chi connectivity index (χ4n) is 5.32. The van der Waals surface area contributed by atoms with Gasteiger partial charge in [-0.05, 0) is 55.7 Å². The van der Waals surface area contributed by atoms with Crippen LogP contribution in [-0.4, -0.2) is 80.9 Å². The molecule has 0 atom stereocenters. The smallest absolute Gasteiger partial charge is 0.320 e. The quantitative estimate of drug-likeness (QED) is 0.663. The normalized spacial score (nSPS) is 20.4. The molecule has 0 spiro atoms. The third kappa shape index (κ3) is 6.30. The average Bonchev–Trinajstić information content (AvgIpc) is 2.89. The highest BCUT2D eigenvalue weighted by Crippen LogP contribution is 2.32. The highest BCUT2D eigenvalue weighted by Gasteiger charge is 2.28. The van der Waals surface area contributed by atoms with Gasteiger partial charge < -0.3 is 14.7 Å². The molecule has 1 saturated carbocycles. The maximum Gasteiger partial charge on any atom is 0.320 e. The summed E-state index contributed by atoms with van der Waals surface area (Å²) in [5.74, 6) is 0.451. The van der Waals surface area contributed by atoms with Crippen molar-refractivity contribution in [2.24, 2.45) is 0 Å². The van der Waals surface area contributed by atoms with Crippen molar-refractivity contribution in [1.82, 2.24) is 19.4 Å². The molecule has 34 heavy (non-hydrogen) atoms. The van der Waals surface area contributed by atoms with Crippen LogP contribution in [0, 0.1) is 0 Å². The zero-order valence-corrected chi connectivity index (χ0v) is 20.9. The van der Waals surface area contributed by atoms with Crippen LogP contribution in [0.1, 0.15) is 69.3 Å². The molecule has 0 unspecified atom stereocenters. The van der Waals surface area contributed by atoms with Gasteiger partial charge in [-0.25, -0.2) is 17.9 Å². The number of carbonyl (C=O) groups excluding carboxylic acids is 2. The van der Waals surface area contributed by atoms with Gasteiger partial charge in [-0.2, -0.15) is 0 Å². The second-order valence-electron chi connectivity index (χ2n) is 9.75. The number of hydrogen-bond donors (Lipinski definition) is 1. The number of rotatable bonds is 6. The Balaban J connectivity index is 1.20. The predicted octanol–water partition coefficient (Wildman–Crippen LogP) is 3.15. The van der Waals surface area contributed by atoms with Crippen molar-refractivity contribution in [2.75, 3.05) is 45.8 Å². The first kappa shape index (κ1) is 25.0. The molecule has 1 aliphatic carbocycles. The molecule has 9 heteroatoms. The van der Waals surface area contributed by atoms with Gasteiger partial charge in [-0.15, -0.1) is 0 Å². The monoisotopic (exact) mass is 490 g/mol. The topological polar surface area (TPSA) is 90.0 Å². The fourth-order valence-corrected chi connectivity index (χ4v) is 6.35. The molecule has 2 saturated heterocycles. The molecule has 1 N–H and O–H groups in total. The van der Waals surface area contributed by atoms with E-state index in [9.17, 15) is 18.0 Å². The number of amides is 3. The van der Waals surface area contributed by atoms with Crippen LogP contribution in [0.4, 0.5) is 4.79 Å². The molecule has 0 bridgehead atoms. The summed E-state index contributed by atoms with van der Waals surface area (Å²) in [7, 11) is -3.65. The van der Waals surface area contributed by atoms with E-state index in [4.69, 9.17) is 0 Å². The van der Waals surface area contributed by atoms with Crippen LogP contribution in [0.3, 0.4) is 0 Å². The lowest BCUT2D eigenvalue weighted by atomic mass is 9.84. The predicted molar refractivity (Wildman–Crippen MR) is 131 cm³/mol. The van der Waals surface area contributed by atoms with Gasteiger partial charge in [0.05, 0.1) is 4.90 Å². The number of urea groups is 1. The van der Waals surface area contributed by atoms with Gasteiger partial charge in [-0.1, -0.05) is 31.4 Å². The van der Waals surface area contributed by atoms with Gasteiger partial charge in [0.15, 0.2) is 0 Å². The molecule has 4 rings (SSSR count). The number of likely N-dealkylation sites (tertiary alicyclic amines) is 1. The van der Waals surface area contributed by atoms with Gasteiger partial charge in [0.1, 0.15) is 0 Å². The summed E-state index contributed by atoms with van der Waals surface area (Å²) in [5.41, 5.74) is 1.21. The number of carbonyl (C=O) groups is 2. The van der Waals surface area contributed by atoms with E-state index in [1.165, 1.54) is 44.1 Å². The first-order chi connectivity index (χ1) is 16.4. The van der Waals surface area contributed by atoms with Crippen molar-refractivity contribution in [3.8, 4) is 0 Å². The van der Waals surface area contributed by atoms with Crippen molar-refractivity contribution in [2.45, 2.75) is 68.6 Å². The van der Waals surface area contributed by atoms with Crippen molar-refractivity contribution in [3.05, 3.63) is 29.8 Å². The van der Waals surface area contributed by atoms with Crippen LogP contribution < -0.4 is 4.72 Å². The summed E-state index contributed by atoms with van der Waals surface area (Å²) in [6.07, 6.45) is 9.53. The minimum atomic E-state index is -3.65. The van der Waals surface area contributed by atoms with Gasteiger partial charge in [-0.3, -0.25) is 4.79 Å². The lowest BCUT2D eigenvalue weighted by Crippen LogP contribution is -2.54. The number of benzene rings is 1. The average molecular weight is 491 g/mol. The molecule has 3 amide bonds. The lowest BCUT2D eigenvalue weighted by molar-refractivity contribution is -0.132. The van der Waals surface area contributed by atoms with Gasteiger partial charge in [0.2, 0.25) is 15.9 Å². The summed E-state index contributed by atoms with van der Waals surface area (Å²) >= 11 is 0. The molecule has 0 radical (unpaired) electrons. The van der Waals surface area contributed by atoms with Crippen molar-refractivity contribution in [3.63, 3.8) is 0 Å². The van der Waals surface area contributed by atoms with E-state index in [1.54, 1.807) is 17.0 Å². The Morgan fingerprint density at radius 1 is 0.765 bits per heavy atom. The van der Waals surface area contributed by atoms with E-state index < -0.39 is 10.0 Å². The largest absolute Gasteiger partial charge is 0.339 e. The number of sulfonamides is 1. The Labute approximate surface area is 203 Å². The highest BCUT2D eigenvalue weighted by atomic mass is 32.2. The second kappa shape index (κ2) is 11.5. The SMILES string of the molecule is O=C(CCNS(=O)(=O)c1ccc(C2CCCCC2)cc1)N1CCN(C(=O)N2CCCCC2)CC1. The van der Waals surface area contributed by atoms with E-state index in [0.717, 1.165) is 25.9 Å². The van der Waals surface area contributed by atoms with E-state index >= 15 is 0 Å². The van der Waals surface area contributed by atoms with Crippen LogP contribution in [0.5, 0.6) is 0 Å². The zero-order chi connectivity index (χ0) is 24.0. The molecule has 3 aliphatic rings.